The number of methoxy groups -OCH3 is 1. The Balaban J connectivity index is 2.10. The number of nitrogens with zero attached hydrogens (tertiary/aromatic N) is 1. The number of para-hydroxylation sites is 1. The minimum atomic E-state index is 0.271. The molecule has 0 amide bonds. The maximum absolute atomic E-state index is 5.43. The summed E-state index contributed by atoms with van der Waals surface area (Å²) in [7, 11) is 1.71. The molecule has 0 saturated heterocycles. The van der Waals surface area contributed by atoms with Gasteiger partial charge in [-0.1, -0.05) is 25.1 Å². The Kier molecular flexibility index (Phi) is 4.58. The molecule has 1 unspecified atom stereocenters. The predicted octanol–water partition coefficient (Wildman–Crippen LogP) is 2.97. The molecule has 2 aromatic rings. The quantitative estimate of drug-likeness (QED) is 0.838. The van der Waals surface area contributed by atoms with Crippen LogP contribution in [0.2, 0.25) is 0 Å². The van der Waals surface area contributed by atoms with Gasteiger partial charge in [-0.25, -0.2) is 4.98 Å². The minimum absolute atomic E-state index is 0.271. The van der Waals surface area contributed by atoms with Gasteiger partial charge in [0.25, 0.3) is 0 Å². The molecule has 0 fully saturated rings. The van der Waals surface area contributed by atoms with Gasteiger partial charge in [0.1, 0.15) is 5.75 Å². The molecule has 19 heavy (non-hydrogen) atoms. The van der Waals surface area contributed by atoms with Crippen LogP contribution in [-0.2, 0) is 6.54 Å². The van der Waals surface area contributed by atoms with E-state index in [4.69, 9.17) is 4.74 Å². The van der Waals surface area contributed by atoms with E-state index >= 15 is 0 Å². The van der Waals surface area contributed by atoms with Crippen LogP contribution in [-0.4, -0.2) is 17.1 Å². The number of hydrogen-bond acceptors (Lipinski definition) is 3. The fourth-order valence-corrected chi connectivity index (χ4v) is 2.21. The van der Waals surface area contributed by atoms with Crippen LogP contribution in [0, 0.1) is 6.92 Å². The molecule has 2 N–H and O–H groups in total. The third kappa shape index (κ3) is 3.15. The van der Waals surface area contributed by atoms with Crippen molar-refractivity contribution in [3.63, 3.8) is 0 Å². The van der Waals surface area contributed by atoms with Crippen molar-refractivity contribution >= 4 is 0 Å². The number of nitrogens with one attached hydrogen (secondary N) is 2. The Morgan fingerprint density at radius 2 is 2.16 bits per heavy atom. The molecule has 102 valence electrons. The lowest BCUT2D eigenvalue weighted by Gasteiger charge is -2.19. The van der Waals surface area contributed by atoms with Crippen molar-refractivity contribution < 1.29 is 4.74 Å². The van der Waals surface area contributed by atoms with Crippen LogP contribution in [0.15, 0.2) is 30.6 Å². The highest BCUT2D eigenvalue weighted by Crippen LogP contribution is 2.27. The number of aryl methyl sites for hydroxylation is 1. The molecule has 0 bridgehead atoms. The number of imidazole rings is 1. The van der Waals surface area contributed by atoms with Crippen LogP contribution in [0.1, 0.15) is 36.3 Å². The third-order valence-corrected chi connectivity index (χ3v) is 3.37. The second kappa shape index (κ2) is 6.38. The average molecular weight is 259 g/mol. The Morgan fingerprint density at radius 3 is 2.79 bits per heavy atom. The van der Waals surface area contributed by atoms with Gasteiger partial charge in [-0.15, -0.1) is 0 Å². The van der Waals surface area contributed by atoms with E-state index in [0.29, 0.717) is 0 Å². The largest absolute Gasteiger partial charge is 0.496 e. The number of rotatable bonds is 6. The zero-order chi connectivity index (χ0) is 13.7. The van der Waals surface area contributed by atoms with Gasteiger partial charge < -0.3 is 15.0 Å². The maximum Gasteiger partial charge on any atom is 0.123 e. The highest BCUT2D eigenvalue weighted by atomic mass is 16.5. The summed E-state index contributed by atoms with van der Waals surface area (Å²) in [6.07, 6.45) is 2.74. The smallest absolute Gasteiger partial charge is 0.123 e. The van der Waals surface area contributed by atoms with E-state index in [1.165, 1.54) is 5.56 Å². The third-order valence-electron chi connectivity index (χ3n) is 3.37. The fourth-order valence-electron chi connectivity index (χ4n) is 2.21. The van der Waals surface area contributed by atoms with Gasteiger partial charge >= 0.3 is 0 Å². The van der Waals surface area contributed by atoms with Crippen LogP contribution in [0.3, 0.4) is 0 Å². The zero-order valence-corrected chi connectivity index (χ0v) is 11.7. The normalized spacial score (nSPS) is 12.4. The van der Waals surface area contributed by atoms with E-state index in [2.05, 4.69) is 28.3 Å². The number of benzene rings is 1. The van der Waals surface area contributed by atoms with E-state index in [9.17, 15) is 0 Å². The number of H-pyrrole nitrogens is 1. The summed E-state index contributed by atoms with van der Waals surface area (Å²) in [4.78, 5) is 7.41. The Hall–Kier alpha value is -1.81. The topological polar surface area (TPSA) is 49.9 Å². The van der Waals surface area contributed by atoms with Gasteiger partial charge in [0.05, 0.1) is 19.1 Å². The van der Waals surface area contributed by atoms with Gasteiger partial charge in [0, 0.05) is 23.8 Å². The molecule has 1 atom stereocenters. The standard InChI is InChI=1S/C15H21N3O/c1-4-13(12-7-5-6-8-15(12)19-3)16-9-14-11(2)17-10-18-14/h5-8,10,13,16H,4,9H2,1-3H3,(H,17,18). The summed E-state index contributed by atoms with van der Waals surface area (Å²) in [6, 6.07) is 8.42. The SMILES string of the molecule is CCC(NCc1nc[nH]c1C)c1ccccc1OC. The Labute approximate surface area is 114 Å². The first-order valence-electron chi connectivity index (χ1n) is 6.61. The molecule has 1 aromatic heterocycles. The number of ether oxygens (including phenoxy) is 1. The zero-order valence-electron chi connectivity index (χ0n) is 11.7. The lowest BCUT2D eigenvalue weighted by Crippen LogP contribution is -2.21. The van der Waals surface area contributed by atoms with Gasteiger partial charge in [-0.3, -0.25) is 0 Å². The highest BCUT2D eigenvalue weighted by Gasteiger charge is 2.14. The maximum atomic E-state index is 5.43. The molecule has 4 nitrogen and oxygen atoms in total. The first-order chi connectivity index (χ1) is 9.26. The van der Waals surface area contributed by atoms with Crippen molar-refractivity contribution in [3.8, 4) is 5.75 Å². The predicted molar refractivity (Wildman–Crippen MR) is 76.2 cm³/mol. The van der Waals surface area contributed by atoms with Gasteiger partial charge in [-0.05, 0) is 19.4 Å². The van der Waals surface area contributed by atoms with Crippen molar-refractivity contribution in [2.75, 3.05) is 7.11 Å². The first kappa shape index (κ1) is 13.6. The molecular formula is C15H21N3O. The second-order valence-electron chi connectivity index (χ2n) is 4.56. The molecule has 0 aliphatic heterocycles. The average Bonchev–Trinajstić information content (AvgIpc) is 2.85. The highest BCUT2D eigenvalue weighted by molar-refractivity contribution is 5.35. The van der Waals surface area contributed by atoms with Crippen LogP contribution in [0.5, 0.6) is 5.75 Å². The molecule has 0 spiro atoms. The summed E-state index contributed by atoms with van der Waals surface area (Å²) in [5.41, 5.74) is 3.37. The first-order valence-corrected chi connectivity index (χ1v) is 6.61. The van der Waals surface area contributed by atoms with Gasteiger partial charge in [-0.2, -0.15) is 0 Å². The lowest BCUT2D eigenvalue weighted by molar-refractivity contribution is 0.396. The van der Waals surface area contributed by atoms with Gasteiger partial charge in [0.15, 0.2) is 0 Å². The molecule has 2 rings (SSSR count). The van der Waals surface area contributed by atoms with Crippen LogP contribution in [0.25, 0.3) is 0 Å². The van der Waals surface area contributed by atoms with Crippen LogP contribution in [0.4, 0.5) is 0 Å². The second-order valence-corrected chi connectivity index (χ2v) is 4.56. The van der Waals surface area contributed by atoms with Gasteiger partial charge in [0.2, 0.25) is 0 Å². The Bertz CT molecular complexity index is 522. The summed E-state index contributed by atoms with van der Waals surface area (Å²) in [5.74, 6) is 0.931. The molecular weight excluding hydrogens is 238 g/mol. The summed E-state index contributed by atoms with van der Waals surface area (Å²) in [5, 5.41) is 3.54. The molecule has 1 aromatic carbocycles. The van der Waals surface area contributed by atoms with E-state index < -0.39 is 0 Å². The monoisotopic (exact) mass is 259 g/mol. The van der Waals surface area contributed by atoms with Crippen molar-refractivity contribution in [2.24, 2.45) is 0 Å². The number of aromatic nitrogens is 2. The molecule has 1 heterocycles. The van der Waals surface area contributed by atoms with Crippen LogP contribution >= 0.6 is 0 Å². The lowest BCUT2D eigenvalue weighted by atomic mass is 10.0. The van der Waals surface area contributed by atoms with E-state index in [1.807, 2.05) is 25.1 Å². The summed E-state index contributed by atoms with van der Waals surface area (Å²) < 4.78 is 5.43. The fraction of sp³-hybridized carbons (Fsp3) is 0.400. The number of aromatic amines is 1. The van der Waals surface area contributed by atoms with Crippen molar-refractivity contribution in [1.29, 1.82) is 0 Å². The number of hydrogen-bond donors (Lipinski definition) is 2. The molecule has 0 radical (unpaired) electrons. The minimum Gasteiger partial charge on any atom is -0.496 e. The Morgan fingerprint density at radius 1 is 1.37 bits per heavy atom. The molecule has 0 aliphatic rings. The van der Waals surface area contributed by atoms with Crippen molar-refractivity contribution in [3.05, 3.63) is 47.5 Å². The summed E-state index contributed by atoms with van der Waals surface area (Å²) >= 11 is 0. The van der Waals surface area contributed by atoms with Crippen molar-refractivity contribution in [2.45, 2.75) is 32.9 Å². The van der Waals surface area contributed by atoms with E-state index in [1.54, 1.807) is 13.4 Å². The van der Waals surface area contributed by atoms with Crippen molar-refractivity contribution in [1.82, 2.24) is 15.3 Å². The van der Waals surface area contributed by atoms with E-state index in [0.717, 1.165) is 30.1 Å². The molecule has 0 saturated carbocycles. The molecule has 0 aliphatic carbocycles. The summed E-state index contributed by atoms with van der Waals surface area (Å²) in [6.45, 7) is 4.96. The van der Waals surface area contributed by atoms with Crippen LogP contribution < -0.4 is 10.1 Å². The van der Waals surface area contributed by atoms with E-state index in [-0.39, 0.29) is 6.04 Å². The molecule has 4 heteroatoms.